The van der Waals surface area contributed by atoms with E-state index in [1.165, 1.54) is 94.5 Å². The molecule has 0 aromatic heterocycles. The second-order valence-corrected chi connectivity index (χ2v) is 12.7. The summed E-state index contributed by atoms with van der Waals surface area (Å²) in [7, 11) is 0. The summed E-state index contributed by atoms with van der Waals surface area (Å²) in [6, 6.07) is 3.20. The lowest BCUT2D eigenvalue weighted by atomic mass is 10.1. The van der Waals surface area contributed by atoms with E-state index < -0.39 is 21.2 Å². The number of amides is 2. The molecule has 2 amide bonds. The maximum atomic E-state index is 12.2. The van der Waals surface area contributed by atoms with Gasteiger partial charge in [-0.1, -0.05) is 122 Å². The molecule has 0 unspecified atom stereocenters. The minimum Gasteiger partial charge on any atom is -0.370 e. The number of nitrogens with zero attached hydrogens (tertiary/aromatic N) is 3. The van der Waals surface area contributed by atoms with Gasteiger partial charge in [0.2, 0.25) is 11.8 Å². The van der Waals surface area contributed by atoms with E-state index in [0.717, 1.165) is 57.1 Å². The molecule has 0 spiro atoms. The highest BCUT2D eigenvalue weighted by molar-refractivity contribution is 5.79. The monoisotopic (exact) mass is 712 g/mol. The predicted molar refractivity (Wildman–Crippen MR) is 206 cm³/mol. The number of non-ortho nitro benzene ring substituents is 1. The molecule has 1 aromatic rings. The number of primary amides is 1. The average molecular weight is 713 g/mol. The minimum atomic E-state index is -0.739. The van der Waals surface area contributed by atoms with E-state index in [0.29, 0.717) is 19.3 Å². The van der Waals surface area contributed by atoms with Gasteiger partial charge in [0.25, 0.3) is 5.69 Å². The van der Waals surface area contributed by atoms with Crippen molar-refractivity contribution in [3.05, 3.63) is 38.4 Å². The fourth-order valence-electron chi connectivity index (χ4n) is 5.19. The Morgan fingerprint density at radius 1 is 0.706 bits per heavy atom. The van der Waals surface area contributed by atoms with Crippen LogP contribution in [0, 0.1) is 43.9 Å². The molecule has 12 heteroatoms. The van der Waals surface area contributed by atoms with E-state index in [1.807, 2.05) is 6.92 Å². The molecule has 0 aliphatic rings. The summed E-state index contributed by atoms with van der Waals surface area (Å²) in [6.45, 7) is 4.63. The molecule has 0 fully saturated rings. The maximum absolute atomic E-state index is 12.2. The minimum absolute atomic E-state index is 0.00268. The van der Waals surface area contributed by atoms with Gasteiger partial charge in [-0.25, -0.2) is 0 Å². The van der Waals surface area contributed by atoms with Gasteiger partial charge in [0.05, 0.1) is 22.5 Å². The number of unbranched alkanes of at least 4 members (excludes halogenated alkanes) is 18. The fraction of sp³-hybridized carbons (Fsp3) is 0.692. The van der Waals surface area contributed by atoms with E-state index in [4.69, 9.17) is 11.5 Å². The highest BCUT2D eigenvalue weighted by Gasteiger charge is 2.22. The normalized spacial score (nSPS) is 10.1. The number of benzene rings is 1. The molecular weight excluding hydrogens is 648 g/mol. The first kappa shape index (κ1) is 46.8. The number of rotatable bonds is 28. The number of hydrogen-bond acceptors (Lipinski definition) is 8. The van der Waals surface area contributed by atoms with Crippen molar-refractivity contribution in [2.45, 2.75) is 162 Å². The molecule has 0 bridgehead atoms. The zero-order valence-electron chi connectivity index (χ0n) is 31.4. The molecule has 0 heterocycles. The zero-order valence-corrected chi connectivity index (χ0v) is 31.4. The van der Waals surface area contributed by atoms with Gasteiger partial charge in [0.15, 0.2) is 0 Å². The number of nitro benzene ring substituents is 2. The number of nitrogens with one attached hydrogen (secondary N) is 1. The lowest BCUT2D eigenvalue weighted by molar-refractivity contribution is -0.393. The molecule has 286 valence electrons. The van der Waals surface area contributed by atoms with Crippen LogP contribution in [0.25, 0.3) is 0 Å². The molecule has 12 nitrogen and oxygen atoms in total. The summed E-state index contributed by atoms with van der Waals surface area (Å²) in [6.07, 6.45) is 25.9. The summed E-state index contributed by atoms with van der Waals surface area (Å²) >= 11 is 0. The Bertz CT molecular complexity index is 1250. The second-order valence-electron chi connectivity index (χ2n) is 12.7. The van der Waals surface area contributed by atoms with Crippen molar-refractivity contribution in [3.8, 4) is 23.7 Å². The van der Waals surface area contributed by atoms with Gasteiger partial charge in [-0.15, -0.1) is 0 Å². The largest absolute Gasteiger partial charge is 0.370 e. The van der Waals surface area contributed by atoms with E-state index in [-0.39, 0.29) is 30.6 Å². The Hall–Kier alpha value is -4.16. The maximum Gasteiger partial charge on any atom is 0.300 e. The predicted octanol–water partition coefficient (Wildman–Crippen LogP) is 9.11. The summed E-state index contributed by atoms with van der Waals surface area (Å²) < 4.78 is 0. The van der Waals surface area contributed by atoms with Gasteiger partial charge in [0.1, 0.15) is 5.69 Å². The molecule has 0 saturated heterocycles. The molecule has 1 aromatic carbocycles. The standard InChI is InChI=1S/C25H43NO.C14H21N5O5/c1-2-3-4-5-6-7-8-9-10-11-12-13-14-15-16-17-18-19-20-21-22-23-24-25(26)27;1-2-3-4-5-14(20)17(9-8-15)16-12-7-6-11(18(21)22)10-13(12)19(23)24/h2-12,17-24H2,1H3,(H2,26,27);6-7,10,16H,2-5,8-9,15H2,1H3. The van der Waals surface area contributed by atoms with Gasteiger partial charge in [-0.3, -0.25) is 40.3 Å². The van der Waals surface area contributed by atoms with Crippen molar-refractivity contribution in [3.63, 3.8) is 0 Å². The van der Waals surface area contributed by atoms with Crippen molar-refractivity contribution in [1.29, 1.82) is 0 Å². The second kappa shape index (κ2) is 33.0. The van der Waals surface area contributed by atoms with Gasteiger partial charge in [0, 0.05) is 38.3 Å². The van der Waals surface area contributed by atoms with E-state index in [1.54, 1.807) is 0 Å². The van der Waals surface area contributed by atoms with Crippen LogP contribution in [0.15, 0.2) is 18.2 Å². The smallest absolute Gasteiger partial charge is 0.300 e. The third-order valence-corrected chi connectivity index (χ3v) is 8.16. The topological polar surface area (TPSA) is 188 Å². The third-order valence-electron chi connectivity index (χ3n) is 8.16. The number of hydrazine groups is 1. The lowest BCUT2D eigenvalue weighted by Crippen LogP contribution is -2.39. The van der Waals surface area contributed by atoms with Crippen LogP contribution in [0.5, 0.6) is 0 Å². The van der Waals surface area contributed by atoms with Crippen molar-refractivity contribution >= 4 is 28.9 Å². The fourth-order valence-corrected chi connectivity index (χ4v) is 5.19. The molecule has 0 saturated carbocycles. The SMILES string of the molecule is CCCCCC(=O)N(CCN)Nc1ccc([N+](=O)[O-])cc1[N+](=O)[O-].CCCCCCCCCCCCC#CC#CCCCCCCCCC(N)=O. The van der Waals surface area contributed by atoms with Crippen LogP contribution in [-0.4, -0.2) is 39.8 Å². The quantitative estimate of drug-likeness (QED) is 0.0332. The molecule has 1 rings (SSSR count). The molecular formula is C39H64N6O6. The molecule has 5 N–H and O–H groups in total. The van der Waals surface area contributed by atoms with Gasteiger partial charge in [-0.2, -0.15) is 0 Å². The van der Waals surface area contributed by atoms with Gasteiger partial charge < -0.3 is 11.5 Å². The first-order valence-corrected chi connectivity index (χ1v) is 19.1. The van der Waals surface area contributed by atoms with Gasteiger partial charge >= 0.3 is 5.69 Å². The van der Waals surface area contributed by atoms with Crippen LogP contribution < -0.4 is 16.9 Å². The first-order chi connectivity index (χ1) is 24.7. The number of nitrogens with two attached hydrogens (primary N) is 2. The van der Waals surface area contributed by atoms with Crippen LogP contribution in [-0.2, 0) is 9.59 Å². The molecule has 0 atom stereocenters. The summed E-state index contributed by atoms with van der Waals surface area (Å²) in [5.41, 5.74) is 12.4. The number of carbonyl (C=O) groups is 2. The lowest BCUT2D eigenvalue weighted by Gasteiger charge is -2.23. The van der Waals surface area contributed by atoms with Crippen molar-refractivity contribution in [2.75, 3.05) is 18.5 Å². The van der Waals surface area contributed by atoms with Gasteiger partial charge in [-0.05, 0) is 43.6 Å². The number of carbonyl (C=O) groups excluding carboxylic acids is 2. The van der Waals surface area contributed by atoms with Crippen LogP contribution >= 0.6 is 0 Å². The summed E-state index contributed by atoms with van der Waals surface area (Å²) in [4.78, 5) is 43.2. The number of hydrogen-bond donors (Lipinski definition) is 3. The van der Waals surface area contributed by atoms with Crippen LogP contribution in [0.2, 0.25) is 0 Å². The number of nitro groups is 2. The summed E-state index contributed by atoms with van der Waals surface area (Å²) in [5.74, 6) is 11.9. The highest BCUT2D eigenvalue weighted by atomic mass is 16.6. The van der Waals surface area contributed by atoms with E-state index in [2.05, 4.69) is 36.0 Å². The Balaban J connectivity index is 0.000000986. The molecule has 0 radical (unpaired) electrons. The van der Waals surface area contributed by atoms with Crippen LogP contribution in [0.4, 0.5) is 17.1 Å². The highest BCUT2D eigenvalue weighted by Crippen LogP contribution is 2.29. The zero-order chi connectivity index (χ0) is 38.0. The van der Waals surface area contributed by atoms with Crippen molar-refractivity contribution < 1.29 is 19.4 Å². The molecule has 0 aliphatic heterocycles. The third kappa shape index (κ3) is 27.3. The van der Waals surface area contributed by atoms with Crippen molar-refractivity contribution in [1.82, 2.24) is 5.01 Å². The molecule has 51 heavy (non-hydrogen) atoms. The molecule has 0 aliphatic carbocycles. The Labute approximate surface area is 306 Å². The summed E-state index contributed by atoms with van der Waals surface area (Å²) in [5, 5.41) is 23.1. The Morgan fingerprint density at radius 3 is 1.65 bits per heavy atom. The first-order valence-electron chi connectivity index (χ1n) is 19.1. The van der Waals surface area contributed by atoms with E-state index >= 15 is 0 Å². The Morgan fingerprint density at radius 2 is 1.18 bits per heavy atom. The van der Waals surface area contributed by atoms with Crippen molar-refractivity contribution in [2.24, 2.45) is 11.5 Å². The Kier molecular flexibility index (Phi) is 30.3. The van der Waals surface area contributed by atoms with E-state index in [9.17, 15) is 29.8 Å². The average Bonchev–Trinajstić information content (AvgIpc) is 3.10. The van der Waals surface area contributed by atoms with Crippen LogP contribution in [0.3, 0.4) is 0 Å². The van der Waals surface area contributed by atoms with Crippen LogP contribution in [0.1, 0.15) is 162 Å². The number of anilines is 1.